The zero-order valence-electron chi connectivity index (χ0n) is 13.6. The second-order valence-electron chi connectivity index (χ2n) is 6.21. The number of rotatable bonds is 3. The summed E-state index contributed by atoms with van der Waals surface area (Å²) in [7, 11) is 0. The summed E-state index contributed by atoms with van der Waals surface area (Å²) in [6, 6.07) is 1.02. The maximum absolute atomic E-state index is 4.78. The number of allylic oxidation sites excluding steroid dienone is 6. The van der Waals surface area contributed by atoms with E-state index in [1.807, 2.05) is 0 Å². The van der Waals surface area contributed by atoms with Gasteiger partial charge >= 0.3 is 127 Å². The molecule has 0 saturated carbocycles. The van der Waals surface area contributed by atoms with Crippen molar-refractivity contribution in [3.05, 3.63) is 33.9 Å². The molecule has 0 unspecified atom stereocenters. The molecule has 19 heavy (non-hydrogen) atoms. The first-order chi connectivity index (χ1) is 8.63. The molecule has 1 nitrogen and oxygen atoms in total. The fourth-order valence-electron chi connectivity index (χ4n) is 2.87. The van der Waals surface area contributed by atoms with Crippen molar-refractivity contribution in [3.8, 4) is 0 Å². The fourth-order valence-corrected chi connectivity index (χ4v) is 10.1. The summed E-state index contributed by atoms with van der Waals surface area (Å²) in [5.74, 6) is 0. The van der Waals surface area contributed by atoms with E-state index < -0.39 is 5.66 Å². The van der Waals surface area contributed by atoms with Gasteiger partial charge in [0.25, 0.3) is 0 Å². The zero-order chi connectivity index (χ0) is 15.0. The monoisotopic (exact) mass is 321 g/mol. The molecule has 0 saturated heterocycles. The van der Waals surface area contributed by atoms with Crippen LogP contribution in [0.4, 0.5) is 0 Å². The second kappa shape index (κ2) is 6.27. The van der Waals surface area contributed by atoms with Gasteiger partial charge in [0.15, 0.2) is 0 Å². The first-order valence-corrected chi connectivity index (χ1v) is 10.1. The van der Waals surface area contributed by atoms with E-state index in [0.717, 1.165) is 0 Å². The molecule has 1 heterocycles. The van der Waals surface area contributed by atoms with Crippen LogP contribution in [-0.2, 0) is 15.1 Å². The molecule has 0 bridgehead atoms. The van der Waals surface area contributed by atoms with E-state index in [-0.39, 0.29) is 0 Å². The van der Waals surface area contributed by atoms with Crippen molar-refractivity contribution in [3.63, 3.8) is 0 Å². The van der Waals surface area contributed by atoms with E-state index >= 15 is 0 Å². The molecule has 0 radical (unpaired) electrons. The molecule has 1 rings (SSSR count). The molecule has 0 atom stereocenters. The van der Waals surface area contributed by atoms with Crippen molar-refractivity contribution < 1.29 is 15.1 Å². The standard InChI is InChI=1S/C16H28NP.Fe/c1-11(2)15-9-10-16(12(3)4)18(15)17(13(5)6)14(7)8;/h9-10,13-14H,1-8H3;. The van der Waals surface area contributed by atoms with Crippen LogP contribution >= 0.6 is 5.66 Å². The van der Waals surface area contributed by atoms with Gasteiger partial charge in [0, 0.05) is 0 Å². The molecule has 1 aliphatic heterocycles. The average molecular weight is 321 g/mol. The van der Waals surface area contributed by atoms with Crippen LogP contribution in [0.15, 0.2) is 33.9 Å². The van der Waals surface area contributed by atoms with Crippen LogP contribution in [0, 0.1) is 0 Å². The quantitative estimate of drug-likeness (QED) is 0.479. The number of hydrogen-bond donors (Lipinski definition) is 0. The second-order valence-corrected chi connectivity index (χ2v) is 10.9. The van der Waals surface area contributed by atoms with E-state index in [2.05, 4.69) is 72.2 Å². The molecular formula is C16H28FeNP. The van der Waals surface area contributed by atoms with Crippen LogP contribution in [0.25, 0.3) is 0 Å². The van der Waals surface area contributed by atoms with E-state index in [4.69, 9.17) is 15.1 Å². The summed E-state index contributed by atoms with van der Waals surface area (Å²) >= 11 is 4.78. The van der Waals surface area contributed by atoms with Gasteiger partial charge in [-0.1, -0.05) is 0 Å². The van der Waals surface area contributed by atoms with Gasteiger partial charge < -0.3 is 0 Å². The Bertz CT molecular complexity index is 447. The van der Waals surface area contributed by atoms with Gasteiger partial charge in [0.2, 0.25) is 0 Å². The third-order valence-electron chi connectivity index (χ3n) is 3.42. The molecule has 0 amide bonds. The molecule has 110 valence electrons. The van der Waals surface area contributed by atoms with Crippen molar-refractivity contribution in [1.82, 2.24) is 4.67 Å². The summed E-state index contributed by atoms with van der Waals surface area (Å²) < 4.78 is 2.64. The van der Waals surface area contributed by atoms with Gasteiger partial charge in [-0.05, 0) is 0 Å². The number of hydrogen-bond acceptors (Lipinski definition) is 1. The summed E-state index contributed by atoms with van der Waals surface area (Å²) in [5.41, 5.74) is 1.17. The third kappa shape index (κ3) is 3.08. The molecule has 0 aromatic rings. The van der Waals surface area contributed by atoms with Crippen LogP contribution in [0.3, 0.4) is 0 Å². The maximum atomic E-state index is 4.78. The van der Waals surface area contributed by atoms with Gasteiger partial charge in [-0.25, -0.2) is 0 Å². The summed E-state index contributed by atoms with van der Waals surface area (Å²) in [5, 5.41) is 2.93. The number of nitrogens with zero attached hydrogens (tertiary/aromatic N) is 1. The Morgan fingerprint density at radius 1 is 0.895 bits per heavy atom. The molecule has 1 aliphatic rings. The van der Waals surface area contributed by atoms with Crippen molar-refractivity contribution in [2.75, 3.05) is 0 Å². The zero-order valence-corrected chi connectivity index (χ0v) is 15.6. The van der Waals surface area contributed by atoms with Crippen molar-refractivity contribution in [2.45, 2.75) is 67.5 Å². The van der Waals surface area contributed by atoms with Gasteiger partial charge in [-0.3, -0.25) is 0 Å². The van der Waals surface area contributed by atoms with Crippen LogP contribution in [0.5, 0.6) is 0 Å². The van der Waals surface area contributed by atoms with Gasteiger partial charge in [-0.2, -0.15) is 0 Å². The van der Waals surface area contributed by atoms with Gasteiger partial charge in [0.05, 0.1) is 0 Å². The van der Waals surface area contributed by atoms with Crippen molar-refractivity contribution in [1.29, 1.82) is 0 Å². The van der Waals surface area contributed by atoms with Gasteiger partial charge in [0.1, 0.15) is 0 Å². The molecule has 0 fully saturated rings. The Morgan fingerprint density at radius 3 is 1.42 bits per heavy atom. The van der Waals surface area contributed by atoms with Crippen LogP contribution in [0.2, 0.25) is 0 Å². The Balaban J connectivity index is 3.59. The molecule has 3 heteroatoms. The Morgan fingerprint density at radius 2 is 1.21 bits per heavy atom. The predicted molar refractivity (Wildman–Crippen MR) is 84.9 cm³/mol. The first kappa shape index (κ1) is 17.2. The summed E-state index contributed by atoms with van der Waals surface area (Å²) in [6.45, 7) is 18.0. The normalized spacial score (nSPS) is 18.1. The molecule has 0 N–H and O–H groups in total. The molecule has 0 aliphatic carbocycles. The summed E-state index contributed by atoms with van der Waals surface area (Å²) in [4.78, 5) is 0. The topological polar surface area (TPSA) is 3.24 Å². The molecule has 0 spiro atoms. The first-order valence-electron chi connectivity index (χ1n) is 7.04. The minimum absolute atomic E-state index is 0.509. The minimum atomic E-state index is -1.64. The Labute approximate surface area is 127 Å². The van der Waals surface area contributed by atoms with Crippen molar-refractivity contribution >= 4 is 5.66 Å². The molecule has 0 aromatic heterocycles. The van der Waals surface area contributed by atoms with E-state index in [1.165, 1.54) is 21.8 Å². The van der Waals surface area contributed by atoms with Gasteiger partial charge in [-0.15, -0.1) is 0 Å². The third-order valence-corrected chi connectivity index (χ3v) is 9.78. The fraction of sp³-hybridized carbons (Fsp3) is 0.625. The summed E-state index contributed by atoms with van der Waals surface area (Å²) in [6.07, 6.45) is 4.60. The van der Waals surface area contributed by atoms with E-state index in [9.17, 15) is 0 Å². The molecular weight excluding hydrogens is 293 g/mol. The molecule has 0 aromatic carbocycles. The predicted octanol–water partition coefficient (Wildman–Crippen LogP) is 5.66. The van der Waals surface area contributed by atoms with Crippen LogP contribution < -0.4 is 0 Å². The van der Waals surface area contributed by atoms with E-state index in [0.29, 0.717) is 12.1 Å². The Hall–Kier alpha value is 0.129. The van der Waals surface area contributed by atoms with E-state index in [1.54, 1.807) is 0 Å². The van der Waals surface area contributed by atoms with Crippen molar-refractivity contribution in [2.24, 2.45) is 0 Å². The Kier molecular flexibility index (Phi) is 5.67. The van der Waals surface area contributed by atoms with Crippen LogP contribution in [-0.4, -0.2) is 16.8 Å². The van der Waals surface area contributed by atoms with Crippen LogP contribution in [0.1, 0.15) is 55.4 Å². The SMILES string of the molecule is CC(C)=C1C=CC(=C(C)C)[P]1(=[Fe])N(C(C)C)C(C)C. The average Bonchev–Trinajstić information content (AvgIpc) is 2.54.